The van der Waals surface area contributed by atoms with Gasteiger partial charge in [-0.05, 0) is 31.9 Å². The second-order valence-electron chi connectivity index (χ2n) is 5.47. The molecule has 1 aromatic heterocycles. The molecule has 0 aliphatic rings. The summed E-state index contributed by atoms with van der Waals surface area (Å²) < 4.78 is 7.49. The van der Waals surface area contributed by atoms with Crippen LogP contribution in [0.15, 0.2) is 29.4 Å². The van der Waals surface area contributed by atoms with Gasteiger partial charge in [-0.3, -0.25) is 0 Å². The molecule has 0 aliphatic heterocycles. The van der Waals surface area contributed by atoms with Gasteiger partial charge in [-0.2, -0.15) is 0 Å². The summed E-state index contributed by atoms with van der Waals surface area (Å²) in [6, 6.07) is 7.81. The molecule has 5 nitrogen and oxygen atoms in total. The summed E-state index contributed by atoms with van der Waals surface area (Å²) in [6.45, 7) is 6.85. The van der Waals surface area contributed by atoms with Crippen LogP contribution in [0.3, 0.4) is 0 Å². The molecule has 0 radical (unpaired) electrons. The van der Waals surface area contributed by atoms with Crippen molar-refractivity contribution in [2.45, 2.75) is 50.9 Å². The molecular formula is C17H25N3O2S. The number of hydrogen-bond acceptors (Lipinski definition) is 5. The van der Waals surface area contributed by atoms with Gasteiger partial charge >= 0.3 is 0 Å². The maximum atomic E-state index is 10.5. The van der Waals surface area contributed by atoms with Gasteiger partial charge in [-0.15, -0.1) is 10.2 Å². The first-order chi connectivity index (χ1) is 11.1. The van der Waals surface area contributed by atoms with Crippen LogP contribution in [0.4, 0.5) is 0 Å². The van der Waals surface area contributed by atoms with Crippen LogP contribution in [0.2, 0.25) is 0 Å². The first kappa shape index (κ1) is 17.8. The van der Waals surface area contributed by atoms with Gasteiger partial charge in [0.15, 0.2) is 11.0 Å². The van der Waals surface area contributed by atoms with E-state index in [2.05, 4.69) is 21.7 Å². The summed E-state index contributed by atoms with van der Waals surface area (Å²) in [4.78, 5) is 0. The maximum absolute atomic E-state index is 10.5. The number of ether oxygens (including phenoxy) is 1. The fourth-order valence-electron chi connectivity index (χ4n) is 2.36. The Morgan fingerprint density at radius 1 is 1.17 bits per heavy atom. The van der Waals surface area contributed by atoms with Gasteiger partial charge < -0.3 is 14.4 Å². The third kappa shape index (κ3) is 3.87. The number of aromatic nitrogens is 3. The van der Waals surface area contributed by atoms with Gasteiger partial charge in [0.25, 0.3) is 0 Å². The molecule has 0 fully saturated rings. The first-order valence-electron chi connectivity index (χ1n) is 8.00. The maximum Gasteiger partial charge on any atom is 0.191 e. The molecule has 6 heteroatoms. The van der Waals surface area contributed by atoms with Gasteiger partial charge in [-0.25, -0.2) is 0 Å². The highest BCUT2D eigenvalue weighted by Crippen LogP contribution is 2.32. The number of rotatable bonds is 8. The SMILES string of the molecule is CCn1c(SCC(O)(CC)CC)nnc1-c1ccccc1OC. The molecule has 0 aliphatic carbocycles. The number of hydrogen-bond donors (Lipinski definition) is 1. The second-order valence-corrected chi connectivity index (χ2v) is 6.41. The van der Waals surface area contributed by atoms with Gasteiger partial charge in [-0.1, -0.05) is 37.7 Å². The van der Waals surface area contributed by atoms with E-state index in [1.165, 1.54) is 0 Å². The topological polar surface area (TPSA) is 60.2 Å². The number of thioether (sulfide) groups is 1. The fourth-order valence-corrected chi connectivity index (χ4v) is 3.64. The second kappa shape index (κ2) is 7.84. The Bertz CT molecular complexity index is 639. The van der Waals surface area contributed by atoms with E-state index in [1.54, 1.807) is 18.9 Å². The van der Waals surface area contributed by atoms with Crippen LogP contribution in [-0.2, 0) is 6.54 Å². The van der Waals surface area contributed by atoms with E-state index in [4.69, 9.17) is 4.74 Å². The monoisotopic (exact) mass is 335 g/mol. The highest BCUT2D eigenvalue weighted by atomic mass is 32.2. The van der Waals surface area contributed by atoms with Crippen molar-refractivity contribution in [3.05, 3.63) is 24.3 Å². The van der Waals surface area contributed by atoms with Crippen molar-refractivity contribution in [1.29, 1.82) is 0 Å². The van der Waals surface area contributed by atoms with Crippen molar-refractivity contribution in [3.8, 4) is 17.1 Å². The quantitative estimate of drug-likeness (QED) is 0.747. The first-order valence-corrected chi connectivity index (χ1v) is 8.98. The number of aliphatic hydroxyl groups is 1. The van der Waals surface area contributed by atoms with Crippen LogP contribution in [0.1, 0.15) is 33.6 Å². The highest BCUT2D eigenvalue weighted by Gasteiger charge is 2.24. The molecule has 0 saturated heterocycles. The Morgan fingerprint density at radius 2 is 1.87 bits per heavy atom. The van der Waals surface area contributed by atoms with E-state index in [0.717, 1.165) is 41.7 Å². The van der Waals surface area contributed by atoms with Gasteiger partial charge in [0, 0.05) is 12.3 Å². The van der Waals surface area contributed by atoms with Crippen molar-refractivity contribution in [1.82, 2.24) is 14.8 Å². The van der Waals surface area contributed by atoms with Crippen molar-refractivity contribution in [3.63, 3.8) is 0 Å². The van der Waals surface area contributed by atoms with E-state index in [-0.39, 0.29) is 0 Å². The Balaban J connectivity index is 2.30. The van der Waals surface area contributed by atoms with Crippen LogP contribution < -0.4 is 4.74 Å². The predicted octanol–water partition coefficient (Wildman–Crippen LogP) is 3.62. The third-order valence-corrected chi connectivity index (χ3v) is 5.41. The molecule has 2 aromatic rings. The molecule has 0 amide bonds. The lowest BCUT2D eigenvalue weighted by molar-refractivity contribution is 0.0571. The zero-order chi connectivity index (χ0) is 16.9. The molecule has 0 bridgehead atoms. The zero-order valence-electron chi connectivity index (χ0n) is 14.2. The summed E-state index contributed by atoms with van der Waals surface area (Å²) in [7, 11) is 1.66. The molecular weight excluding hydrogens is 310 g/mol. The average molecular weight is 335 g/mol. The largest absolute Gasteiger partial charge is 0.496 e. The number of benzene rings is 1. The van der Waals surface area contributed by atoms with Crippen LogP contribution in [0.25, 0.3) is 11.4 Å². The highest BCUT2D eigenvalue weighted by molar-refractivity contribution is 7.99. The summed E-state index contributed by atoms with van der Waals surface area (Å²) in [5.74, 6) is 2.19. The van der Waals surface area contributed by atoms with E-state index < -0.39 is 5.60 Å². The van der Waals surface area contributed by atoms with Gasteiger partial charge in [0.05, 0.1) is 18.3 Å². The molecule has 1 N–H and O–H groups in total. The Hall–Kier alpha value is -1.53. The van der Waals surface area contributed by atoms with Crippen molar-refractivity contribution in [2.75, 3.05) is 12.9 Å². The van der Waals surface area contributed by atoms with Crippen LogP contribution in [0.5, 0.6) is 5.75 Å². The smallest absolute Gasteiger partial charge is 0.191 e. The third-order valence-electron chi connectivity index (χ3n) is 4.17. The van der Waals surface area contributed by atoms with Crippen molar-refractivity contribution in [2.24, 2.45) is 0 Å². The lowest BCUT2D eigenvalue weighted by Crippen LogP contribution is -2.29. The molecule has 1 aromatic carbocycles. The molecule has 0 saturated carbocycles. The van der Waals surface area contributed by atoms with Gasteiger partial charge in [0.1, 0.15) is 5.75 Å². The zero-order valence-corrected chi connectivity index (χ0v) is 15.1. The summed E-state index contributed by atoms with van der Waals surface area (Å²) in [5, 5.41) is 20.0. The van der Waals surface area contributed by atoms with Gasteiger partial charge in [0.2, 0.25) is 0 Å². The number of para-hydroxylation sites is 1. The van der Waals surface area contributed by atoms with E-state index >= 15 is 0 Å². The molecule has 0 spiro atoms. The van der Waals surface area contributed by atoms with Crippen LogP contribution >= 0.6 is 11.8 Å². The van der Waals surface area contributed by atoms with E-state index in [1.807, 2.05) is 38.1 Å². The minimum atomic E-state index is -0.653. The molecule has 2 rings (SSSR count). The number of methoxy groups -OCH3 is 1. The number of nitrogens with zero attached hydrogens (tertiary/aromatic N) is 3. The van der Waals surface area contributed by atoms with E-state index in [0.29, 0.717) is 5.75 Å². The van der Waals surface area contributed by atoms with Crippen LogP contribution in [-0.4, -0.2) is 38.3 Å². The fraction of sp³-hybridized carbons (Fsp3) is 0.529. The molecule has 23 heavy (non-hydrogen) atoms. The summed E-state index contributed by atoms with van der Waals surface area (Å²) in [6.07, 6.45) is 1.46. The summed E-state index contributed by atoms with van der Waals surface area (Å²) >= 11 is 1.56. The Morgan fingerprint density at radius 3 is 2.48 bits per heavy atom. The lowest BCUT2D eigenvalue weighted by Gasteiger charge is -2.24. The lowest BCUT2D eigenvalue weighted by atomic mass is 10.0. The minimum absolute atomic E-state index is 0.615. The van der Waals surface area contributed by atoms with Crippen LogP contribution in [0, 0.1) is 0 Å². The van der Waals surface area contributed by atoms with E-state index in [9.17, 15) is 5.11 Å². The summed E-state index contributed by atoms with van der Waals surface area (Å²) in [5.41, 5.74) is 0.275. The predicted molar refractivity (Wildman–Crippen MR) is 93.9 cm³/mol. The molecule has 0 unspecified atom stereocenters. The standard InChI is InChI=1S/C17H25N3O2S/c1-5-17(21,6-2)12-23-16-19-18-15(20(16)7-3)13-10-8-9-11-14(13)22-4/h8-11,21H,5-7,12H2,1-4H3. The molecule has 126 valence electrons. The Labute approximate surface area is 142 Å². The Kier molecular flexibility index (Phi) is 6.07. The molecule has 1 heterocycles. The minimum Gasteiger partial charge on any atom is -0.496 e. The van der Waals surface area contributed by atoms with Crippen molar-refractivity contribution >= 4 is 11.8 Å². The molecule has 0 atom stereocenters. The van der Waals surface area contributed by atoms with Crippen molar-refractivity contribution < 1.29 is 9.84 Å². The average Bonchev–Trinajstić information content (AvgIpc) is 3.02. The normalized spacial score (nSPS) is 11.7.